The average Bonchev–Trinajstić information content (AvgIpc) is 2.49. The lowest BCUT2D eigenvalue weighted by Gasteiger charge is -2.42. The number of rotatable bonds is 5. The first-order chi connectivity index (χ1) is 9.73. The van der Waals surface area contributed by atoms with Gasteiger partial charge in [0.25, 0.3) is 0 Å². The van der Waals surface area contributed by atoms with Crippen LogP contribution in [0.1, 0.15) is 32.6 Å². The molecule has 110 valence electrons. The number of ether oxygens (including phenoxy) is 2. The first-order valence-corrected chi connectivity index (χ1v) is 7.26. The van der Waals surface area contributed by atoms with Crippen molar-refractivity contribution < 1.29 is 14.3 Å². The fraction of sp³-hybridized carbons (Fsp3) is 0.562. The number of benzene rings is 1. The molecule has 2 atom stereocenters. The molecular weight excluding hydrogens is 254 g/mol. The topological polar surface area (TPSA) is 47.6 Å². The van der Waals surface area contributed by atoms with E-state index in [2.05, 4.69) is 5.32 Å². The third-order valence-corrected chi connectivity index (χ3v) is 3.90. The Bertz CT molecular complexity index is 435. The SMILES string of the molecule is CCOC(=O)C1(Nc2ccccc2)CCCCC1OC. The van der Waals surface area contributed by atoms with Crippen LogP contribution in [-0.4, -0.2) is 31.3 Å². The van der Waals surface area contributed by atoms with Crippen LogP contribution in [0.15, 0.2) is 30.3 Å². The van der Waals surface area contributed by atoms with Crippen molar-refractivity contribution in [2.75, 3.05) is 19.0 Å². The maximum absolute atomic E-state index is 12.5. The number of anilines is 1. The molecule has 2 rings (SSSR count). The molecule has 20 heavy (non-hydrogen) atoms. The molecule has 1 saturated carbocycles. The van der Waals surface area contributed by atoms with E-state index in [4.69, 9.17) is 9.47 Å². The molecule has 2 unspecified atom stereocenters. The molecule has 0 radical (unpaired) electrons. The summed E-state index contributed by atoms with van der Waals surface area (Å²) in [5.41, 5.74) is 0.147. The van der Waals surface area contributed by atoms with Gasteiger partial charge in [0.05, 0.1) is 12.7 Å². The molecule has 0 amide bonds. The van der Waals surface area contributed by atoms with Gasteiger partial charge in [-0.15, -0.1) is 0 Å². The highest BCUT2D eigenvalue weighted by molar-refractivity contribution is 5.85. The van der Waals surface area contributed by atoms with Crippen LogP contribution >= 0.6 is 0 Å². The quantitative estimate of drug-likeness (QED) is 0.841. The summed E-state index contributed by atoms with van der Waals surface area (Å²) >= 11 is 0. The van der Waals surface area contributed by atoms with Gasteiger partial charge in [0.15, 0.2) is 5.54 Å². The molecule has 0 bridgehead atoms. The smallest absolute Gasteiger partial charge is 0.334 e. The Morgan fingerprint density at radius 2 is 2.10 bits per heavy atom. The summed E-state index contributed by atoms with van der Waals surface area (Å²) in [6, 6.07) is 9.78. The predicted octanol–water partition coefficient (Wildman–Crippen LogP) is 2.99. The summed E-state index contributed by atoms with van der Waals surface area (Å²) < 4.78 is 10.9. The molecule has 0 spiro atoms. The third-order valence-electron chi connectivity index (χ3n) is 3.90. The zero-order valence-electron chi connectivity index (χ0n) is 12.2. The van der Waals surface area contributed by atoms with E-state index < -0.39 is 5.54 Å². The molecule has 1 aliphatic rings. The molecule has 1 aromatic carbocycles. The fourth-order valence-corrected chi connectivity index (χ4v) is 2.93. The molecule has 0 aromatic heterocycles. The van der Waals surface area contributed by atoms with Gasteiger partial charge in [-0.2, -0.15) is 0 Å². The number of hydrogen-bond donors (Lipinski definition) is 1. The first kappa shape index (κ1) is 14.9. The van der Waals surface area contributed by atoms with E-state index in [-0.39, 0.29) is 12.1 Å². The lowest BCUT2D eigenvalue weighted by Crippen LogP contribution is -2.58. The van der Waals surface area contributed by atoms with Gasteiger partial charge in [0.2, 0.25) is 0 Å². The third kappa shape index (κ3) is 2.96. The molecule has 1 N–H and O–H groups in total. The molecule has 1 aliphatic carbocycles. The molecule has 4 heteroatoms. The largest absolute Gasteiger partial charge is 0.464 e. The van der Waals surface area contributed by atoms with Crippen molar-refractivity contribution in [3.05, 3.63) is 30.3 Å². The van der Waals surface area contributed by atoms with E-state index in [9.17, 15) is 4.79 Å². The van der Waals surface area contributed by atoms with Crippen molar-refractivity contribution in [1.29, 1.82) is 0 Å². The monoisotopic (exact) mass is 277 g/mol. The lowest BCUT2D eigenvalue weighted by atomic mass is 9.78. The minimum atomic E-state index is -0.773. The van der Waals surface area contributed by atoms with Crippen molar-refractivity contribution >= 4 is 11.7 Å². The van der Waals surface area contributed by atoms with Crippen LogP contribution in [0.3, 0.4) is 0 Å². The van der Waals surface area contributed by atoms with Gasteiger partial charge in [-0.3, -0.25) is 0 Å². The van der Waals surface area contributed by atoms with E-state index >= 15 is 0 Å². The van der Waals surface area contributed by atoms with Crippen LogP contribution in [-0.2, 0) is 14.3 Å². The Morgan fingerprint density at radius 3 is 2.75 bits per heavy atom. The Labute approximate surface area is 120 Å². The van der Waals surface area contributed by atoms with E-state index in [0.717, 1.165) is 31.4 Å². The fourth-order valence-electron chi connectivity index (χ4n) is 2.93. The highest BCUT2D eigenvalue weighted by atomic mass is 16.5. The van der Waals surface area contributed by atoms with Crippen molar-refractivity contribution in [3.8, 4) is 0 Å². The number of para-hydroxylation sites is 1. The predicted molar refractivity (Wildman–Crippen MR) is 78.7 cm³/mol. The first-order valence-electron chi connectivity index (χ1n) is 7.26. The average molecular weight is 277 g/mol. The van der Waals surface area contributed by atoms with Crippen molar-refractivity contribution in [1.82, 2.24) is 0 Å². The van der Waals surface area contributed by atoms with Gasteiger partial charge in [-0.05, 0) is 31.9 Å². The maximum Gasteiger partial charge on any atom is 0.334 e. The zero-order chi connectivity index (χ0) is 14.4. The van der Waals surface area contributed by atoms with Gasteiger partial charge < -0.3 is 14.8 Å². The van der Waals surface area contributed by atoms with Gasteiger partial charge >= 0.3 is 5.97 Å². The van der Waals surface area contributed by atoms with E-state index in [1.165, 1.54) is 0 Å². The standard InChI is InChI=1S/C16H23NO3/c1-3-20-15(18)16(12-8-7-11-14(16)19-2)17-13-9-5-4-6-10-13/h4-6,9-10,14,17H,3,7-8,11-12H2,1-2H3. The van der Waals surface area contributed by atoms with Crippen molar-refractivity contribution in [3.63, 3.8) is 0 Å². The number of esters is 1. The van der Waals surface area contributed by atoms with Crippen LogP contribution in [0.4, 0.5) is 5.69 Å². The van der Waals surface area contributed by atoms with Crippen molar-refractivity contribution in [2.45, 2.75) is 44.2 Å². The zero-order valence-corrected chi connectivity index (χ0v) is 12.2. The summed E-state index contributed by atoms with van der Waals surface area (Å²) in [5.74, 6) is -0.213. The molecule has 0 aliphatic heterocycles. The van der Waals surface area contributed by atoms with Crippen molar-refractivity contribution in [2.24, 2.45) is 0 Å². The van der Waals surface area contributed by atoms with Gasteiger partial charge in [-0.1, -0.05) is 31.0 Å². The minimum Gasteiger partial charge on any atom is -0.464 e. The Morgan fingerprint density at radius 1 is 1.35 bits per heavy atom. The second-order valence-corrected chi connectivity index (χ2v) is 5.15. The van der Waals surface area contributed by atoms with Gasteiger partial charge in [-0.25, -0.2) is 4.79 Å². The lowest BCUT2D eigenvalue weighted by molar-refractivity contribution is -0.156. The van der Waals surface area contributed by atoms with Crippen LogP contribution in [0.25, 0.3) is 0 Å². The second kappa shape index (κ2) is 6.75. The summed E-state index contributed by atoms with van der Waals surface area (Å²) in [7, 11) is 1.66. The van der Waals surface area contributed by atoms with E-state index in [1.54, 1.807) is 7.11 Å². The number of nitrogens with one attached hydrogen (secondary N) is 1. The Balaban J connectivity index is 2.29. The summed E-state index contributed by atoms with van der Waals surface area (Å²) in [4.78, 5) is 12.5. The molecule has 1 fully saturated rings. The van der Waals surface area contributed by atoms with Crippen LogP contribution in [0, 0.1) is 0 Å². The molecule has 4 nitrogen and oxygen atoms in total. The van der Waals surface area contributed by atoms with Gasteiger partial charge in [0, 0.05) is 12.8 Å². The van der Waals surface area contributed by atoms with E-state index in [1.807, 2.05) is 37.3 Å². The summed E-state index contributed by atoms with van der Waals surface area (Å²) in [6.45, 7) is 2.21. The van der Waals surface area contributed by atoms with Gasteiger partial charge in [0.1, 0.15) is 0 Å². The Hall–Kier alpha value is -1.55. The number of hydrogen-bond acceptors (Lipinski definition) is 4. The van der Waals surface area contributed by atoms with E-state index in [0.29, 0.717) is 6.61 Å². The summed E-state index contributed by atoms with van der Waals surface area (Å²) in [5, 5.41) is 3.38. The second-order valence-electron chi connectivity index (χ2n) is 5.15. The maximum atomic E-state index is 12.5. The van der Waals surface area contributed by atoms with Crippen LogP contribution in [0.2, 0.25) is 0 Å². The molecule has 1 aromatic rings. The molecular formula is C16H23NO3. The molecule has 0 heterocycles. The van der Waals surface area contributed by atoms with Crippen LogP contribution < -0.4 is 5.32 Å². The normalized spacial score (nSPS) is 26.0. The highest BCUT2D eigenvalue weighted by Gasteiger charge is 2.49. The number of methoxy groups -OCH3 is 1. The number of carbonyl (C=O) groups is 1. The van der Waals surface area contributed by atoms with Crippen LogP contribution in [0.5, 0.6) is 0 Å². The molecule has 0 saturated heterocycles. The highest BCUT2D eigenvalue weighted by Crippen LogP contribution is 2.35. The summed E-state index contributed by atoms with van der Waals surface area (Å²) in [6.07, 6.45) is 3.53. The minimum absolute atomic E-state index is 0.157. The number of carbonyl (C=O) groups excluding carboxylic acids is 1. The Kier molecular flexibility index (Phi) is 5.01.